The van der Waals surface area contributed by atoms with Crippen molar-refractivity contribution in [1.29, 1.82) is 0 Å². The standard InChI is InChI=1S/C13H13N3O4S/c17-11-13(4-5-21-8-13)14-12(18)15(11)7-9-2-1-3-10(6-9)16(19)20/h1-3,6H,4-5,7-8H2,(H,14,18). The van der Waals surface area contributed by atoms with Gasteiger partial charge in [0.25, 0.3) is 11.6 Å². The molecule has 2 aliphatic heterocycles. The zero-order chi connectivity index (χ0) is 15.0. The second-order valence-electron chi connectivity index (χ2n) is 5.13. The molecule has 1 aromatic carbocycles. The summed E-state index contributed by atoms with van der Waals surface area (Å²) in [4.78, 5) is 35.9. The second-order valence-corrected chi connectivity index (χ2v) is 6.24. The predicted octanol–water partition coefficient (Wildman–Crippen LogP) is 1.52. The SMILES string of the molecule is O=C1NC2(CCSC2)C(=O)N1Cc1cccc([N+](=O)[O-])c1. The van der Waals surface area contributed by atoms with Gasteiger partial charge in [-0.1, -0.05) is 12.1 Å². The fourth-order valence-corrected chi connectivity index (χ4v) is 3.93. The predicted molar refractivity (Wildman–Crippen MR) is 76.9 cm³/mol. The summed E-state index contributed by atoms with van der Waals surface area (Å²) >= 11 is 1.64. The van der Waals surface area contributed by atoms with Crippen LogP contribution < -0.4 is 5.32 Å². The number of thioether (sulfide) groups is 1. The molecule has 7 nitrogen and oxygen atoms in total. The smallest absolute Gasteiger partial charge is 0.322 e. The molecule has 1 aromatic rings. The van der Waals surface area contributed by atoms with Crippen molar-refractivity contribution in [2.75, 3.05) is 11.5 Å². The number of nitro benzene ring substituents is 1. The van der Waals surface area contributed by atoms with E-state index in [1.807, 2.05) is 0 Å². The number of nitrogens with one attached hydrogen (secondary N) is 1. The summed E-state index contributed by atoms with van der Waals surface area (Å²) in [5, 5.41) is 13.5. The molecular formula is C13H13N3O4S. The molecule has 0 aliphatic carbocycles. The zero-order valence-corrected chi connectivity index (χ0v) is 11.9. The first kappa shape index (κ1) is 13.9. The average Bonchev–Trinajstić information content (AvgIpc) is 3.01. The first-order valence-electron chi connectivity index (χ1n) is 6.47. The van der Waals surface area contributed by atoms with Crippen molar-refractivity contribution in [2.24, 2.45) is 0 Å². The fourth-order valence-electron chi connectivity index (χ4n) is 2.60. The van der Waals surface area contributed by atoms with Crippen LogP contribution in [0.4, 0.5) is 10.5 Å². The van der Waals surface area contributed by atoms with E-state index in [4.69, 9.17) is 0 Å². The maximum absolute atomic E-state index is 12.5. The molecule has 21 heavy (non-hydrogen) atoms. The Morgan fingerprint density at radius 2 is 2.24 bits per heavy atom. The van der Waals surface area contributed by atoms with Gasteiger partial charge in [-0.25, -0.2) is 4.79 Å². The van der Waals surface area contributed by atoms with Gasteiger partial charge in [-0.2, -0.15) is 11.8 Å². The largest absolute Gasteiger partial charge is 0.325 e. The van der Waals surface area contributed by atoms with E-state index >= 15 is 0 Å². The van der Waals surface area contributed by atoms with Gasteiger partial charge in [-0.3, -0.25) is 19.8 Å². The molecule has 3 amide bonds. The van der Waals surface area contributed by atoms with Crippen molar-refractivity contribution < 1.29 is 14.5 Å². The highest BCUT2D eigenvalue weighted by molar-refractivity contribution is 7.99. The van der Waals surface area contributed by atoms with Crippen LogP contribution in [-0.4, -0.2) is 38.8 Å². The van der Waals surface area contributed by atoms with E-state index in [0.29, 0.717) is 17.7 Å². The third kappa shape index (κ3) is 2.35. The lowest BCUT2D eigenvalue weighted by Crippen LogP contribution is -2.46. The highest BCUT2D eigenvalue weighted by atomic mass is 32.2. The van der Waals surface area contributed by atoms with Crippen LogP contribution in [0.5, 0.6) is 0 Å². The van der Waals surface area contributed by atoms with Crippen LogP contribution in [0.15, 0.2) is 24.3 Å². The van der Waals surface area contributed by atoms with Gasteiger partial charge in [0.15, 0.2) is 0 Å². The zero-order valence-electron chi connectivity index (χ0n) is 11.1. The maximum Gasteiger partial charge on any atom is 0.325 e. The van der Waals surface area contributed by atoms with Crippen molar-refractivity contribution in [3.05, 3.63) is 39.9 Å². The summed E-state index contributed by atoms with van der Waals surface area (Å²) < 4.78 is 0. The molecule has 1 spiro atoms. The molecule has 2 heterocycles. The van der Waals surface area contributed by atoms with Crippen LogP contribution in [0.25, 0.3) is 0 Å². The number of amides is 3. The van der Waals surface area contributed by atoms with Gasteiger partial charge >= 0.3 is 6.03 Å². The lowest BCUT2D eigenvalue weighted by atomic mass is 9.99. The monoisotopic (exact) mass is 307 g/mol. The van der Waals surface area contributed by atoms with Crippen molar-refractivity contribution in [3.8, 4) is 0 Å². The minimum Gasteiger partial charge on any atom is -0.322 e. The van der Waals surface area contributed by atoms with Crippen molar-refractivity contribution in [2.45, 2.75) is 18.5 Å². The van der Waals surface area contributed by atoms with E-state index in [0.717, 1.165) is 10.7 Å². The van der Waals surface area contributed by atoms with E-state index in [1.54, 1.807) is 23.9 Å². The van der Waals surface area contributed by atoms with Gasteiger partial charge in [-0.05, 0) is 17.7 Å². The quantitative estimate of drug-likeness (QED) is 0.519. The Kier molecular flexibility index (Phi) is 3.32. The minimum atomic E-state index is -0.775. The Hall–Kier alpha value is -2.09. The first-order valence-corrected chi connectivity index (χ1v) is 7.62. The van der Waals surface area contributed by atoms with E-state index in [2.05, 4.69) is 5.32 Å². The summed E-state index contributed by atoms with van der Waals surface area (Å²) in [5.41, 5.74) is -0.260. The molecule has 1 unspecified atom stereocenters. The van der Waals surface area contributed by atoms with Gasteiger partial charge in [0.05, 0.1) is 11.5 Å². The number of nitrogens with zero attached hydrogens (tertiary/aromatic N) is 2. The minimum absolute atomic E-state index is 0.0503. The van der Waals surface area contributed by atoms with E-state index in [-0.39, 0.29) is 18.1 Å². The Balaban J connectivity index is 1.82. The summed E-state index contributed by atoms with van der Waals surface area (Å²) in [6.45, 7) is 0.0543. The molecule has 110 valence electrons. The van der Waals surface area contributed by atoms with Crippen LogP contribution in [-0.2, 0) is 11.3 Å². The van der Waals surface area contributed by atoms with E-state index in [1.165, 1.54) is 12.1 Å². The van der Waals surface area contributed by atoms with Gasteiger partial charge in [0.2, 0.25) is 0 Å². The number of rotatable bonds is 3. The van der Waals surface area contributed by atoms with Gasteiger partial charge < -0.3 is 5.32 Å². The number of hydrogen-bond acceptors (Lipinski definition) is 5. The van der Waals surface area contributed by atoms with Crippen LogP contribution in [0.3, 0.4) is 0 Å². The van der Waals surface area contributed by atoms with Crippen molar-refractivity contribution in [3.63, 3.8) is 0 Å². The molecule has 3 rings (SSSR count). The Labute approximate surface area is 124 Å². The fraction of sp³-hybridized carbons (Fsp3) is 0.385. The number of carbonyl (C=O) groups is 2. The molecule has 0 saturated carbocycles. The molecule has 1 N–H and O–H groups in total. The second kappa shape index (κ2) is 5.03. The Morgan fingerprint density at radius 3 is 2.90 bits per heavy atom. The van der Waals surface area contributed by atoms with Crippen LogP contribution in [0, 0.1) is 10.1 Å². The number of urea groups is 1. The van der Waals surface area contributed by atoms with Gasteiger partial charge in [0, 0.05) is 17.9 Å². The molecule has 1 atom stereocenters. The molecule has 8 heteroatoms. The highest BCUT2D eigenvalue weighted by Crippen LogP contribution is 2.34. The summed E-state index contributed by atoms with van der Waals surface area (Å²) in [6, 6.07) is 5.56. The summed E-state index contributed by atoms with van der Waals surface area (Å²) in [5.74, 6) is 1.20. The lowest BCUT2D eigenvalue weighted by molar-refractivity contribution is -0.384. The van der Waals surface area contributed by atoms with Gasteiger partial charge in [-0.15, -0.1) is 0 Å². The molecule has 0 aromatic heterocycles. The molecule has 2 saturated heterocycles. The topological polar surface area (TPSA) is 92.6 Å². The van der Waals surface area contributed by atoms with E-state index < -0.39 is 16.5 Å². The average molecular weight is 307 g/mol. The number of carbonyl (C=O) groups excluding carboxylic acids is 2. The van der Waals surface area contributed by atoms with Crippen molar-refractivity contribution in [1.82, 2.24) is 10.2 Å². The Bertz CT molecular complexity index is 628. The third-order valence-corrected chi connectivity index (χ3v) is 4.92. The number of benzene rings is 1. The Morgan fingerprint density at radius 1 is 1.43 bits per heavy atom. The molecule has 2 aliphatic rings. The maximum atomic E-state index is 12.5. The van der Waals surface area contributed by atoms with Crippen LogP contribution in [0.1, 0.15) is 12.0 Å². The highest BCUT2D eigenvalue weighted by Gasteiger charge is 2.52. The van der Waals surface area contributed by atoms with E-state index in [9.17, 15) is 19.7 Å². The molecular weight excluding hydrogens is 294 g/mol. The first-order chi connectivity index (χ1) is 10.0. The molecule has 0 bridgehead atoms. The normalized spacial score (nSPS) is 24.7. The third-order valence-electron chi connectivity index (χ3n) is 3.73. The number of hydrogen-bond donors (Lipinski definition) is 1. The number of imide groups is 1. The summed E-state index contributed by atoms with van der Waals surface area (Å²) in [6.07, 6.45) is 0.633. The lowest BCUT2D eigenvalue weighted by Gasteiger charge is -2.19. The van der Waals surface area contributed by atoms with Gasteiger partial charge in [0.1, 0.15) is 5.54 Å². The summed E-state index contributed by atoms with van der Waals surface area (Å²) in [7, 11) is 0. The number of non-ortho nitro benzene ring substituents is 1. The number of nitro groups is 1. The molecule has 2 fully saturated rings. The van der Waals surface area contributed by atoms with Crippen LogP contribution in [0.2, 0.25) is 0 Å². The van der Waals surface area contributed by atoms with Crippen molar-refractivity contribution >= 4 is 29.4 Å². The van der Waals surface area contributed by atoms with Crippen LogP contribution >= 0.6 is 11.8 Å². The molecule has 0 radical (unpaired) electrons.